The normalized spacial score (nSPS) is 16.6. The molecule has 0 aromatic carbocycles. The smallest absolute Gasteiger partial charge is 0.249 e. The lowest BCUT2D eigenvalue weighted by Gasteiger charge is -2.21. The Morgan fingerprint density at radius 1 is 1.15 bits per heavy atom. The Bertz CT molecular complexity index is 872. The van der Waals surface area contributed by atoms with Crippen molar-refractivity contribution in [3.8, 4) is 17.3 Å². The molecule has 0 unspecified atom stereocenters. The topological polar surface area (TPSA) is 99.3 Å². The average molecular weight is 368 g/mol. The van der Waals surface area contributed by atoms with Gasteiger partial charge >= 0.3 is 0 Å². The molecular formula is C18H20N6O3. The van der Waals surface area contributed by atoms with Crippen molar-refractivity contribution in [3.05, 3.63) is 42.7 Å². The number of nitrogens with zero attached hydrogens (tertiary/aromatic N) is 6. The highest BCUT2D eigenvalue weighted by atomic mass is 16.5. The molecule has 9 heteroatoms. The standard InChI is InChI=1S/C18H20N6O3/c1-25-11-12-26-16-13(5-2-7-19-16)15-22-17(27-23-15)14-6-3-10-24(14)18-20-8-4-9-21-18/h2,4-5,7-9,14H,3,6,10-12H2,1H3/t14-/m0/s1. The molecule has 4 heterocycles. The third-order valence-electron chi connectivity index (χ3n) is 4.33. The molecule has 0 bridgehead atoms. The summed E-state index contributed by atoms with van der Waals surface area (Å²) in [7, 11) is 1.62. The van der Waals surface area contributed by atoms with Crippen LogP contribution in [0.4, 0.5) is 5.95 Å². The zero-order chi connectivity index (χ0) is 18.5. The first kappa shape index (κ1) is 17.3. The third kappa shape index (κ3) is 3.72. The second-order valence-electron chi connectivity index (χ2n) is 6.05. The van der Waals surface area contributed by atoms with Crippen LogP contribution >= 0.6 is 0 Å². The van der Waals surface area contributed by atoms with Crippen molar-refractivity contribution in [2.45, 2.75) is 18.9 Å². The van der Waals surface area contributed by atoms with E-state index in [0.717, 1.165) is 19.4 Å². The number of hydrogen-bond acceptors (Lipinski definition) is 9. The summed E-state index contributed by atoms with van der Waals surface area (Å²) < 4.78 is 16.3. The first-order valence-electron chi connectivity index (χ1n) is 8.81. The highest BCUT2D eigenvalue weighted by Gasteiger charge is 2.32. The van der Waals surface area contributed by atoms with Crippen LogP contribution in [0.1, 0.15) is 24.8 Å². The van der Waals surface area contributed by atoms with Crippen molar-refractivity contribution in [3.63, 3.8) is 0 Å². The first-order chi connectivity index (χ1) is 13.4. The maximum absolute atomic E-state index is 5.67. The van der Waals surface area contributed by atoms with Crippen molar-refractivity contribution >= 4 is 5.95 Å². The molecule has 0 amide bonds. The minimum atomic E-state index is -0.0387. The van der Waals surface area contributed by atoms with Crippen molar-refractivity contribution in [1.29, 1.82) is 0 Å². The number of methoxy groups -OCH3 is 1. The van der Waals surface area contributed by atoms with Crippen molar-refractivity contribution < 1.29 is 14.0 Å². The summed E-state index contributed by atoms with van der Waals surface area (Å²) in [4.78, 5) is 19.6. The summed E-state index contributed by atoms with van der Waals surface area (Å²) in [5.41, 5.74) is 0.684. The molecule has 0 radical (unpaired) electrons. The highest BCUT2D eigenvalue weighted by Crippen LogP contribution is 2.35. The van der Waals surface area contributed by atoms with E-state index in [0.29, 0.717) is 42.3 Å². The Balaban J connectivity index is 1.57. The van der Waals surface area contributed by atoms with Gasteiger partial charge in [0.25, 0.3) is 0 Å². The predicted octanol–water partition coefficient (Wildman–Crippen LogP) is 2.29. The molecule has 3 aromatic rings. The Labute approximate surface area is 156 Å². The molecule has 3 aromatic heterocycles. The van der Waals surface area contributed by atoms with E-state index in [2.05, 4.69) is 30.0 Å². The van der Waals surface area contributed by atoms with E-state index in [1.54, 1.807) is 31.8 Å². The molecule has 1 aliphatic rings. The molecule has 27 heavy (non-hydrogen) atoms. The van der Waals surface area contributed by atoms with E-state index < -0.39 is 0 Å². The van der Waals surface area contributed by atoms with Crippen LogP contribution in [-0.2, 0) is 4.74 Å². The summed E-state index contributed by atoms with van der Waals surface area (Å²) in [5.74, 6) is 2.12. The largest absolute Gasteiger partial charge is 0.475 e. The lowest BCUT2D eigenvalue weighted by atomic mass is 10.2. The van der Waals surface area contributed by atoms with Gasteiger partial charge in [0.2, 0.25) is 23.5 Å². The van der Waals surface area contributed by atoms with Gasteiger partial charge in [0.05, 0.1) is 12.2 Å². The van der Waals surface area contributed by atoms with Crippen LogP contribution < -0.4 is 9.64 Å². The molecule has 0 N–H and O–H groups in total. The maximum atomic E-state index is 5.67. The summed E-state index contributed by atoms with van der Waals surface area (Å²) in [5, 5.41) is 4.14. The summed E-state index contributed by atoms with van der Waals surface area (Å²) >= 11 is 0. The van der Waals surface area contributed by atoms with Crippen LogP contribution in [-0.4, -0.2) is 52.0 Å². The van der Waals surface area contributed by atoms with E-state index in [9.17, 15) is 0 Å². The number of anilines is 1. The SMILES string of the molecule is COCCOc1ncccc1-c1noc([C@@H]2CCCN2c2ncccn2)n1. The lowest BCUT2D eigenvalue weighted by Crippen LogP contribution is -2.24. The van der Waals surface area contributed by atoms with Gasteiger partial charge in [0, 0.05) is 32.2 Å². The van der Waals surface area contributed by atoms with Crippen LogP contribution in [0, 0.1) is 0 Å². The van der Waals surface area contributed by atoms with Gasteiger partial charge in [0.1, 0.15) is 12.6 Å². The van der Waals surface area contributed by atoms with Gasteiger partial charge in [-0.1, -0.05) is 5.16 Å². The van der Waals surface area contributed by atoms with Crippen LogP contribution in [0.3, 0.4) is 0 Å². The number of hydrogen-bond donors (Lipinski definition) is 0. The Morgan fingerprint density at radius 3 is 2.85 bits per heavy atom. The molecule has 0 saturated carbocycles. The van der Waals surface area contributed by atoms with E-state index in [1.807, 2.05) is 12.1 Å². The first-order valence-corrected chi connectivity index (χ1v) is 8.81. The molecule has 0 spiro atoms. The number of ether oxygens (including phenoxy) is 2. The van der Waals surface area contributed by atoms with E-state index in [1.165, 1.54) is 0 Å². The average Bonchev–Trinajstić information content (AvgIpc) is 3.39. The molecule has 0 aliphatic carbocycles. The van der Waals surface area contributed by atoms with E-state index >= 15 is 0 Å². The van der Waals surface area contributed by atoms with Gasteiger partial charge in [0.15, 0.2) is 0 Å². The van der Waals surface area contributed by atoms with E-state index in [4.69, 9.17) is 14.0 Å². The number of pyridine rings is 1. The zero-order valence-electron chi connectivity index (χ0n) is 15.0. The van der Waals surface area contributed by atoms with Crippen molar-refractivity contribution in [2.24, 2.45) is 0 Å². The molecule has 9 nitrogen and oxygen atoms in total. The minimum absolute atomic E-state index is 0.0387. The Kier molecular flexibility index (Phi) is 5.20. The third-order valence-corrected chi connectivity index (χ3v) is 4.33. The van der Waals surface area contributed by atoms with Crippen molar-refractivity contribution in [2.75, 3.05) is 31.8 Å². The molecule has 1 atom stereocenters. The molecule has 1 fully saturated rings. The van der Waals surface area contributed by atoms with Crippen LogP contribution in [0.5, 0.6) is 5.88 Å². The van der Waals surface area contributed by atoms with Gasteiger partial charge in [-0.15, -0.1) is 0 Å². The fourth-order valence-corrected chi connectivity index (χ4v) is 3.08. The Morgan fingerprint density at radius 2 is 2.00 bits per heavy atom. The van der Waals surface area contributed by atoms with Crippen LogP contribution in [0.2, 0.25) is 0 Å². The second kappa shape index (κ2) is 8.09. The van der Waals surface area contributed by atoms with Gasteiger partial charge in [-0.3, -0.25) is 0 Å². The minimum Gasteiger partial charge on any atom is -0.475 e. The quantitative estimate of drug-likeness (QED) is 0.581. The zero-order valence-corrected chi connectivity index (χ0v) is 15.0. The van der Waals surface area contributed by atoms with Gasteiger partial charge in [-0.05, 0) is 31.0 Å². The summed E-state index contributed by atoms with van der Waals surface area (Å²) in [6, 6.07) is 5.43. The second-order valence-corrected chi connectivity index (χ2v) is 6.05. The van der Waals surface area contributed by atoms with Crippen LogP contribution in [0.15, 0.2) is 41.3 Å². The summed E-state index contributed by atoms with van der Waals surface area (Å²) in [6.45, 7) is 1.72. The molecule has 1 saturated heterocycles. The number of rotatable bonds is 7. The predicted molar refractivity (Wildman–Crippen MR) is 96.3 cm³/mol. The fraction of sp³-hybridized carbons (Fsp3) is 0.389. The molecule has 1 aliphatic heterocycles. The van der Waals surface area contributed by atoms with Gasteiger partial charge < -0.3 is 18.9 Å². The van der Waals surface area contributed by atoms with E-state index in [-0.39, 0.29) is 6.04 Å². The highest BCUT2D eigenvalue weighted by molar-refractivity contribution is 5.60. The molecule has 140 valence electrons. The Hall–Kier alpha value is -3.07. The van der Waals surface area contributed by atoms with Crippen LogP contribution in [0.25, 0.3) is 11.4 Å². The lowest BCUT2D eigenvalue weighted by molar-refractivity contribution is 0.144. The van der Waals surface area contributed by atoms with Gasteiger partial charge in [-0.2, -0.15) is 4.98 Å². The molecular weight excluding hydrogens is 348 g/mol. The summed E-state index contributed by atoms with van der Waals surface area (Å²) in [6.07, 6.45) is 7.05. The fourth-order valence-electron chi connectivity index (χ4n) is 3.08. The number of aromatic nitrogens is 5. The maximum Gasteiger partial charge on any atom is 0.249 e. The van der Waals surface area contributed by atoms with Crippen molar-refractivity contribution in [1.82, 2.24) is 25.1 Å². The van der Waals surface area contributed by atoms with Gasteiger partial charge in [-0.25, -0.2) is 15.0 Å². The molecule has 4 rings (SSSR count). The monoisotopic (exact) mass is 368 g/mol.